The topological polar surface area (TPSA) is 9.23 Å². The number of benzene rings is 1. The first-order valence-corrected chi connectivity index (χ1v) is 6.82. The second-order valence-electron chi connectivity index (χ2n) is 4.91. The van der Waals surface area contributed by atoms with E-state index in [1.807, 2.05) is 18.2 Å². The van der Waals surface area contributed by atoms with Gasteiger partial charge in [-0.25, -0.2) is 0 Å². The molecule has 0 amide bonds. The molecule has 0 aromatic heterocycles. The van der Waals surface area contributed by atoms with Crippen LogP contribution in [0.2, 0.25) is 0 Å². The molecule has 0 aliphatic heterocycles. The van der Waals surface area contributed by atoms with Crippen molar-refractivity contribution in [2.45, 2.75) is 32.3 Å². The Hall–Kier alpha value is -1.34. The molecule has 0 heterocycles. The van der Waals surface area contributed by atoms with Crippen molar-refractivity contribution in [1.29, 1.82) is 0 Å². The zero-order valence-corrected chi connectivity index (χ0v) is 11.0. The molecule has 1 unspecified atom stereocenters. The highest BCUT2D eigenvalue weighted by Crippen LogP contribution is 2.25. The fourth-order valence-electron chi connectivity index (χ4n) is 2.31. The highest BCUT2D eigenvalue weighted by molar-refractivity contribution is 5.14. The first-order chi connectivity index (χ1) is 8.86. The minimum absolute atomic E-state index is 0.582. The quantitative estimate of drug-likeness (QED) is 0.527. The van der Waals surface area contributed by atoms with Crippen LogP contribution in [-0.4, -0.2) is 6.61 Å². The molecule has 0 N–H and O–H groups in total. The number of rotatable bonds is 6. The average Bonchev–Trinajstić information content (AvgIpc) is 2.45. The minimum atomic E-state index is 0.582. The van der Waals surface area contributed by atoms with Crippen LogP contribution in [0.1, 0.15) is 31.2 Å². The van der Waals surface area contributed by atoms with Crippen LogP contribution in [-0.2, 0) is 11.3 Å². The summed E-state index contributed by atoms with van der Waals surface area (Å²) in [7, 11) is 0. The molecule has 2 rings (SSSR count). The Kier molecular flexibility index (Phi) is 5.22. The van der Waals surface area contributed by atoms with Gasteiger partial charge in [-0.15, -0.1) is 0 Å². The van der Waals surface area contributed by atoms with Crippen LogP contribution in [0.3, 0.4) is 0 Å². The highest BCUT2D eigenvalue weighted by atomic mass is 16.5. The third-order valence-electron chi connectivity index (χ3n) is 3.46. The van der Waals surface area contributed by atoms with E-state index in [1.165, 1.54) is 30.4 Å². The van der Waals surface area contributed by atoms with Crippen molar-refractivity contribution in [3.8, 4) is 0 Å². The van der Waals surface area contributed by atoms with Gasteiger partial charge in [-0.1, -0.05) is 54.6 Å². The van der Waals surface area contributed by atoms with Crippen molar-refractivity contribution < 1.29 is 4.74 Å². The maximum absolute atomic E-state index is 5.70. The summed E-state index contributed by atoms with van der Waals surface area (Å²) in [5.74, 6) is 0.582. The smallest absolute Gasteiger partial charge is 0.0717 e. The summed E-state index contributed by atoms with van der Waals surface area (Å²) < 4.78 is 5.70. The Labute approximate surface area is 110 Å². The molecule has 0 saturated carbocycles. The first-order valence-electron chi connectivity index (χ1n) is 6.82. The van der Waals surface area contributed by atoms with Crippen LogP contribution in [0, 0.1) is 5.92 Å². The zero-order valence-electron chi connectivity index (χ0n) is 11.0. The van der Waals surface area contributed by atoms with E-state index in [1.54, 1.807) is 0 Å². The van der Waals surface area contributed by atoms with Crippen molar-refractivity contribution in [3.05, 3.63) is 60.2 Å². The van der Waals surface area contributed by atoms with Crippen LogP contribution >= 0.6 is 0 Å². The van der Waals surface area contributed by atoms with Crippen LogP contribution in [0.5, 0.6) is 0 Å². The molecular formula is C17H22O. The van der Waals surface area contributed by atoms with E-state index in [9.17, 15) is 0 Å². The molecule has 0 spiro atoms. The number of hydrogen-bond acceptors (Lipinski definition) is 1. The average molecular weight is 242 g/mol. The van der Waals surface area contributed by atoms with Gasteiger partial charge in [0.2, 0.25) is 0 Å². The summed E-state index contributed by atoms with van der Waals surface area (Å²) in [6.07, 6.45) is 9.35. The van der Waals surface area contributed by atoms with Gasteiger partial charge in [0.15, 0.2) is 0 Å². The second-order valence-corrected chi connectivity index (χ2v) is 4.91. The molecule has 1 atom stereocenters. The van der Waals surface area contributed by atoms with Gasteiger partial charge in [0.25, 0.3) is 0 Å². The fourth-order valence-corrected chi connectivity index (χ4v) is 2.31. The van der Waals surface area contributed by atoms with Gasteiger partial charge in [-0.05, 0) is 37.2 Å². The van der Waals surface area contributed by atoms with E-state index < -0.39 is 0 Å². The lowest BCUT2D eigenvalue weighted by atomic mass is 9.88. The lowest BCUT2D eigenvalue weighted by Gasteiger charge is -2.18. The standard InChI is InChI=1S/C17H22O/c1-15(17-10-6-3-7-11-17)12-13-18-14-16-8-4-2-5-9-16/h2,4-6,8-10,17H,1,3,7,11-14H2. The molecule has 1 aromatic carbocycles. The highest BCUT2D eigenvalue weighted by Gasteiger charge is 2.11. The third-order valence-corrected chi connectivity index (χ3v) is 3.46. The summed E-state index contributed by atoms with van der Waals surface area (Å²) in [5.41, 5.74) is 2.56. The molecule has 0 radical (unpaired) electrons. The van der Waals surface area contributed by atoms with Gasteiger partial charge in [-0.3, -0.25) is 0 Å². The summed E-state index contributed by atoms with van der Waals surface area (Å²) in [6, 6.07) is 10.3. The summed E-state index contributed by atoms with van der Waals surface area (Å²) in [6.45, 7) is 5.67. The number of hydrogen-bond donors (Lipinski definition) is 0. The Balaban J connectivity index is 1.64. The molecule has 96 valence electrons. The summed E-state index contributed by atoms with van der Waals surface area (Å²) >= 11 is 0. The van der Waals surface area contributed by atoms with E-state index in [4.69, 9.17) is 4.74 Å². The largest absolute Gasteiger partial charge is 0.376 e. The number of ether oxygens (including phenoxy) is 1. The Morgan fingerprint density at radius 2 is 2.11 bits per heavy atom. The molecule has 0 fully saturated rings. The van der Waals surface area contributed by atoms with E-state index in [-0.39, 0.29) is 0 Å². The van der Waals surface area contributed by atoms with Crippen LogP contribution < -0.4 is 0 Å². The summed E-state index contributed by atoms with van der Waals surface area (Å²) in [5, 5.41) is 0. The fraction of sp³-hybridized carbons (Fsp3) is 0.412. The second kappa shape index (κ2) is 7.17. The third kappa shape index (κ3) is 4.15. The van der Waals surface area contributed by atoms with Gasteiger partial charge in [0.05, 0.1) is 13.2 Å². The SMILES string of the molecule is C=C(CCOCc1ccccc1)C1C=CCCC1. The first kappa shape index (κ1) is 13.1. The lowest BCUT2D eigenvalue weighted by Crippen LogP contribution is -2.06. The van der Waals surface area contributed by atoms with E-state index in [0.717, 1.165) is 13.0 Å². The molecule has 1 aliphatic carbocycles. The molecule has 1 nitrogen and oxygen atoms in total. The maximum Gasteiger partial charge on any atom is 0.0717 e. The van der Waals surface area contributed by atoms with Gasteiger partial charge in [0, 0.05) is 0 Å². The predicted molar refractivity (Wildman–Crippen MR) is 76.3 cm³/mol. The van der Waals surface area contributed by atoms with Gasteiger partial charge in [-0.2, -0.15) is 0 Å². The number of allylic oxidation sites excluding steroid dienone is 2. The van der Waals surface area contributed by atoms with Gasteiger partial charge < -0.3 is 4.74 Å². The Bertz CT molecular complexity index is 391. The monoisotopic (exact) mass is 242 g/mol. The predicted octanol–water partition coefficient (Wildman–Crippen LogP) is 4.51. The van der Waals surface area contributed by atoms with Crippen molar-refractivity contribution >= 4 is 0 Å². The molecule has 1 aliphatic rings. The van der Waals surface area contributed by atoms with Crippen molar-refractivity contribution in [1.82, 2.24) is 0 Å². The zero-order chi connectivity index (χ0) is 12.6. The van der Waals surface area contributed by atoms with Crippen molar-refractivity contribution in [2.24, 2.45) is 5.92 Å². The molecule has 0 saturated heterocycles. The Morgan fingerprint density at radius 3 is 2.83 bits per heavy atom. The maximum atomic E-state index is 5.70. The van der Waals surface area contributed by atoms with E-state index in [0.29, 0.717) is 12.5 Å². The van der Waals surface area contributed by atoms with E-state index >= 15 is 0 Å². The molecule has 0 bridgehead atoms. The molecule has 1 heteroatoms. The summed E-state index contributed by atoms with van der Waals surface area (Å²) in [4.78, 5) is 0. The van der Waals surface area contributed by atoms with Gasteiger partial charge >= 0.3 is 0 Å². The minimum Gasteiger partial charge on any atom is -0.376 e. The van der Waals surface area contributed by atoms with Crippen LogP contribution in [0.4, 0.5) is 0 Å². The van der Waals surface area contributed by atoms with Crippen LogP contribution in [0.15, 0.2) is 54.6 Å². The molecular weight excluding hydrogens is 220 g/mol. The lowest BCUT2D eigenvalue weighted by molar-refractivity contribution is 0.122. The van der Waals surface area contributed by atoms with Gasteiger partial charge in [0.1, 0.15) is 0 Å². The van der Waals surface area contributed by atoms with E-state index in [2.05, 4.69) is 30.9 Å². The molecule has 18 heavy (non-hydrogen) atoms. The molecule has 1 aromatic rings. The van der Waals surface area contributed by atoms with Crippen molar-refractivity contribution in [3.63, 3.8) is 0 Å². The Morgan fingerprint density at radius 1 is 1.28 bits per heavy atom. The van der Waals surface area contributed by atoms with Crippen LogP contribution in [0.25, 0.3) is 0 Å². The normalized spacial score (nSPS) is 18.8. The van der Waals surface area contributed by atoms with Crippen molar-refractivity contribution in [2.75, 3.05) is 6.61 Å².